The first-order chi connectivity index (χ1) is 10.8. The van der Waals surface area contributed by atoms with Crippen LogP contribution in [0.15, 0.2) is 12.1 Å². The first-order valence-electron chi connectivity index (χ1n) is 6.36. The van der Waals surface area contributed by atoms with E-state index in [4.69, 9.17) is 26.2 Å². The predicted octanol–water partition coefficient (Wildman–Crippen LogP) is 2.89. The minimum absolute atomic E-state index is 0.0376. The number of benzene rings is 1. The van der Waals surface area contributed by atoms with Gasteiger partial charge in [0, 0.05) is 10.1 Å². The second kappa shape index (κ2) is 6.84. The van der Waals surface area contributed by atoms with Gasteiger partial charge in [0.2, 0.25) is 0 Å². The molecule has 2 N–H and O–H groups in total. The lowest BCUT2D eigenvalue weighted by Crippen LogP contribution is -2.15. The van der Waals surface area contributed by atoms with Crippen LogP contribution in [0.5, 0.6) is 5.75 Å². The maximum atomic E-state index is 11.4. The summed E-state index contributed by atoms with van der Waals surface area (Å²) in [7, 11) is 0. The Labute approximate surface area is 139 Å². The number of fused-ring (bicyclic) bond motifs is 1. The highest BCUT2D eigenvalue weighted by Crippen LogP contribution is 2.40. The highest BCUT2D eigenvalue weighted by atomic mass is 35.5. The van der Waals surface area contributed by atoms with Crippen LogP contribution in [0, 0.1) is 0 Å². The van der Waals surface area contributed by atoms with Gasteiger partial charge < -0.3 is 19.7 Å². The number of carbonyl (C=O) groups excluding carboxylic acids is 1. The smallest absolute Gasteiger partial charge is 0.349 e. The number of esters is 1. The Bertz CT molecular complexity index is 796. The second-order valence-corrected chi connectivity index (χ2v) is 5.75. The summed E-state index contributed by atoms with van der Waals surface area (Å²) in [4.78, 5) is 33.6. The van der Waals surface area contributed by atoms with Gasteiger partial charge in [0.15, 0.2) is 17.2 Å². The van der Waals surface area contributed by atoms with E-state index in [9.17, 15) is 19.5 Å². The van der Waals surface area contributed by atoms with Gasteiger partial charge in [-0.3, -0.25) is 0 Å². The number of aromatic carboxylic acids is 2. The van der Waals surface area contributed by atoms with E-state index in [0.29, 0.717) is 10.1 Å². The molecule has 0 radical (unpaired) electrons. The Morgan fingerprint density at radius 3 is 2.48 bits per heavy atom. The number of hydrogen-bond donors (Lipinski definition) is 2. The summed E-state index contributed by atoms with van der Waals surface area (Å²) in [5, 5.41) is 18.6. The molecule has 122 valence electrons. The van der Waals surface area contributed by atoms with Gasteiger partial charge >= 0.3 is 17.9 Å². The lowest BCUT2D eigenvalue weighted by Gasteiger charge is -2.06. The molecule has 1 aromatic carbocycles. The molecule has 0 aliphatic heterocycles. The number of carbonyl (C=O) groups is 3. The summed E-state index contributed by atoms with van der Waals surface area (Å²) in [5.41, 5.74) is -0.144. The van der Waals surface area contributed by atoms with Crippen molar-refractivity contribution in [1.29, 1.82) is 0 Å². The fourth-order valence-electron chi connectivity index (χ4n) is 1.88. The standard InChI is InChI=1S/C14H11ClO7S/c1-2-21-10(16)5-22-11-7-3-8(15)6(13(17)18)4-9(7)23-12(11)14(19)20/h3-4H,2,5H2,1H3,(H,17,18)(H,19,20). The summed E-state index contributed by atoms with van der Waals surface area (Å²) in [6.45, 7) is 1.35. The van der Waals surface area contributed by atoms with Crippen LogP contribution in [0.2, 0.25) is 5.02 Å². The van der Waals surface area contributed by atoms with Gasteiger partial charge in [-0.15, -0.1) is 11.3 Å². The molecule has 0 atom stereocenters. The third-order valence-electron chi connectivity index (χ3n) is 2.80. The van der Waals surface area contributed by atoms with Gasteiger partial charge in [-0.2, -0.15) is 0 Å². The molecule has 0 bridgehead atoms. The molecule has 2 rings (SSSR count). The summed E-state index contributed by atoms with van der Waals surface area (Å²) < 4.78 is 10.4. The molecule has 7 nitrogen and oxygen atoms in total. The lowest BCUT2D eigenvalue weighted by molar-refractivity contribution is -0.145. The minimum Gasteiger partial charge on any atom is -0.479 e. The van der Waals surface area contributed by atoms with Crippen LogP contribution in [0.4, 0.5) is 0 Å². The van der Waals surface area contributed by atoms with Crippen LogP contribution < -0.4 is 4.74 Å². The van der Waals surface area contributed by atoms with Crippen molar-refractivity contribution in [3.63, 3.8) is 0 Å². The highest BCUT2D eigenvalue weighted by molar-refractivity contribution is 7.21. The third-order valence-corrected chi connectivity index (χ3v) is 4.23. The van der Waals surface area contributed by atoms with Crippen LogP contribution in [0.3, 0.4) is 0 Å². The van der Waals surface area contributed by atoms with E-state index in [0.717, 1.165) is 11.3 Å². The van der Waals surface area contributed by atoms with E-state index >= 15 is 0 Å². The van der Waals surface area contributed by atoms with Gasteiger partial charge in [0.1, 0.15) is 0 Å². The molecular formula is C14H11ClO7S. The van der Waals surface area contributed by atoms with E-state index in [-0.39, 0.29) is 27.8 Å². The zero-order chi connectivity index (χ0) is 17.1. The number of rotatable bonds is 6. The third kappa shape index (κ3) is 3.54. The van der Waals surface area contributed by atoms with Crippen LogP contribution >= 0.6 is 22.9 Å². The molecule has 0 saturated carbocycles. The van der Waals surface area contributed by atoms with Crippen molar-refractivity contribution in [2.45, 2.75) is 6.92 Å². The Hall–Kier alpha value is -2.32. The Kier molecular flexibility index (Phi) is 5.07. The van der Waals surface area contributed by atoms with Crippen molar-refractivity contribution >= 4 is 50.9 Å². The van der Waals surface area contributed by atoms with Crippen LogP contribution in [0.1, 0.15) is 27.0 Å². The van der Waals surface area contributed by atoms with Crippen LogP contribution in [0.25, 0.3) is 10.1 Å². The van der Waals surface area contributed by atoms with E-state index in [2.05, 4.69) is 0 Å². The summed E-state index contributed by atoms with van der Waals surface area (Å²) >= 11 is 6.74. The molecule has 0 aliphatic carbocycles. The maximum Gasteiger partial charge on any atom is 0.349 e. The second-order valence-electron chi connectivity index (χ2n) is 4.29. The van der Waals surface area contributed by atoms with Gasteiger partial charge in [-0.1, -0.05) is 11.6 Å². The average Bonchev–Trinajstić information content (AvgIpc) is 2.82. The fraction of sp³-hybridized carbons (Fsp3) is 0.214. The zero-order valence-corrected chi connectivity index (χ0v) is 13.4. The van der Waals surface area contributed by atoms with Gasteiger partial charge in [-0.25, -0.2) is 14.4 Å². The maximum absolute atomic E-state index is 11.4. The molecule has 23 heavy (non-hydrogen) atoms. The molecule has 1 aromatic heterocycles. The van der Waals surface area contributed by atoms with E-state index < -0.39 is 24.5 Å². The SMILES string of the molecule is CCOC(=O)COc1c(C(=O)O)sc2cc(C(=O)O)c(Cl)cc12. The largest absolute Gasteiger partial charge is 0.479 e. The first-order valence-corrected chi connectivity index (χ1v) is 7.55. The highest BCUT2D eigenvalue weighted by Gasteiger charge is 2.23. The molecule has 0 spiro atoms. The van der Waals surface area contributed by atoms with Gasteiger partial charge in [0.25, 0.3) is 0 Å². The van der Waals surface area contributed by atoms with Crippen molar-refractivity contribution in [1.82, 2.24) is 0 Å². The molecule has 0 saturated heterocycles. The van der Waals surface area contributed by atoms with E-state index in [1.807, 2.05) is 0 Å². The number of ether oxygens (including phenoxy) is 2. The first kappa shape index (κ1) is 17.0. The van der Waals surface area contributed by atoms with Crippen molar-refractivity contribution in [3.05, 3.63) is 27.6 Å². The predicted molar refractivity (Wildman–Crippen MR) is 82.9 cm³/mol. The number of carboxylic acid groups (broad SMARTS) is 2. The number of hydrogen-bond acceptors (Lipinski definition) is 6. The van der Waals surface area contributed by atoms with E-state index in [1.54, 1.807) is 6.92 Å². The molecule has 1 heterocycles. The monoisotopic (exact) mass is 358 g/mol. The quantitative estimate of drug-likeness (QED) is 0.764. The number of halogens is 1. The summed E-state index contributed by atoms with van der Waals surface area (Å²) in [6, 6.07) is 2.58. The average molecular weight is 359 g/mol. The number of thiophene rings is 1. The van der Waals surface area contributed by atoms with Crippen molar-refractivity contribution in [3.8, 4) is 5.75 Å². The molecule has 0 amide bonds. The van der Waals surface area contributed by atoms with Crippen molar-refractivity contribution < 1.29 is 34.1 Å². The van der Waals surface area contributed by atoms with Crippen molar-refractivity contribution in [2.75, 3.05) is 13.2 Å². The molecule has 0 unspecified atom stereocenters. The molecule has 2 aromatic rings. The van der Waals surface area contributed by atoms with Crippen LogP contribution in [-0.4, -0.2) is 41.3 Å². The lowest BCUT2D eigenvalue weighted by atomic mass is 10.1. The topological polar surface area (TPSA) is 110 Å². The molecule has 0 aliphatic rings. The van der Waals surface area contributed by atoms with Crippen LogP contribution in [-0.2, 0) is 9.53 Å². The van der Waals surface area contributed by atoms with Crippen molar-refractivity contribution in [2.24, 2.45) is 0 Å². The summed E-state index contributed by atoms with van der Waals surface area (Å²) in [5.74, 6) is -3.16. The fourth-order valence-corrected chi connectivity index (χ4v) is 3.13. The molecule has 9 heteroatoms. The Balaban J connectivity index is 2.50. The molecule has 0 fully saturated rings. The normalized spacial score (nSPS) is 10.5. The minimum atomic E-state index is -1.25. The zero-order valence-electron chi connectivity index (χ0n) is 11.8. The van der Waals surface area contributed by atoms with E-state index in [1.165, 1.54) is 12.1 Å². The Morgan fingerprint density at radius 2 is 1.91 bits per heavy atom. The molecular weight excluding hydrogens is 348 g/mol. The van der Waals surface area contributed by atoms with Gasteiger partial charge in [0.05, 0.1) is 17.2 Å². The van der Waals surface area contributed by atoms with Gasteiger partial charge in [-0.05, 0) is 19.1 Å². The summed E-state index contributed by atoms with van der Waals surface area (Å²) in [6.07, 6.45) is 0. The Morgan fingerprint density at radius 1 is 1.22 bits per heavy atom. The number of carboxylic acids is 2.